The first-order chi connectivity index (χ1) is 10.7. The average molecular weight is 293 g/mol. The second-order valence-electron chi connectivity index (χ2n) is 4.84. The van der Waals surface area contributed by atoms with E-state index in [2.05, 4.69) is 15.0 Å². The molecule has 0 saturated carbocycles. The van der Waals surface area contributed by atoms with E-state index in [0.717, 1.165) is 5.39 Å². The van der Waals surface area contributed by atoms with Crippen LogP contribution >= 0.6 is 0 Å². The number of fused-ring (bicyclic) bond motifs is 2. The van der Waals surface area contributed by atoms with Crippen LogP contribution in [0.5, 0.6) is 11.6 Å². The Morgan fingerprint density at radius 1 is 0.955 bits per heavy atom. The summed E-state index contributed by atoms with van der Waals surface area (Å²) in [6.07, 6.45) is 3.23. The van der Waals surface area contributed by atoms with Gasteiger partial charge in [-0.3, -0.25) is 9.78 Å². The van der Waals surface area contributed by atoms with Gasteiger partial charge >= 0.3 is 0 Å². The van der Waals surface area contributed by atoms with Gasteiger partial charge in [-0.05, 0) is 12.1 Å². The Bertz CT molecular complexity index is 937. The fourth-order valence-corrected chi connectivity index (χ4v) is 2.72. The maximum absolute atomic E-state index is 12.7. The summed E-state index contributed by atoms with van der Waals surface area (Å²) in [7, 11) is 3.10. The largest absolute Gasteiger partial charge is 0.494 e. The third-order valence-electron chi connectivity index (χ3n) is 3.75. The highest BCUT2D eigenvalue weighted by atomic mass is 16.5. The first-order valence-electron chi connectivity index (χ1n) is 6.66. The summed E-state index contributed by atoms with van der Waals surface area (Å²) in [5.41, 5.74) is 1.98. The Labute approximate surface area is 125 Å². The van der Waals surface area contributed by atoms with E-state index >= 15 is 0 Å². The van der Waals surface area contributed by atoms with Crippen molar-refractivity contribution in [2.45, 2.75) is 0 Å². The molecule has 6 nitrogen and oxygen atoms in total. The smallest absolute Gasteiger partial charge is 0.214 e. The minimum absolute atomic E-state index is 0.168. The van der Waals surface area contributed by atoms with Gasteiger partial charge < -0.3 is 9.47 Å². The van der Waals surface area contributed by atoms with Gasteiger partial charge in [-0.2, -0.15) is 0 Å². The van der Waals surface area contributed by atoms with Crippen molar-refractivity contribution in [3.63, 3.8) is 0 Å². The summed E-state index contributed by atoms with van der Waals surface area (Å²) in [4.78, 5) is 25.7. The molecule has 0 bridgehead atoms. The zero-order chi connectivity index (χ0) is 15.3. The van der Waals surface area contributed by atoms with Crippen molar-refractivity contribution < 1.29 is 14.3 Å². The first-order valence-corrected chi connectivity index (χ1v) is 6.66. The number of pyridine rings is 3. The van der Waals surface area contributed by atoms with Crippen LogP contribution in [0.1, 0.15) is 16.1 Å². The Morgan fingerprint density at radius 3 is 2.59 bits per heavy atom. The maximum atomic E-state index is 12.7. The number of rotatable bonds is 2. The van der Waals surface area contributed by atoms with E-state index in [0.29, 0.717) is 39.7 Å². The number of methoxy groups -OCH3 is 2. The molecule has 0 radical (unpaired) electrons. The van der Waals surface area contributed by atoms with Gasteiger partial charge in [0.25, 0.3) is 0 Å². The number of hydrogen-bond donors (Lipinski definition) is 0. The lowest BCUT2D eigenvalue weighted by Crippen LogP contribution is -2.14. The predicted molar refractivity (Wildman–Crippen MR) is 79.3 cm³/mol. The number of ketones is 1. The first kappa shape index (κ1) is 12.7. The molecule has 1 aliphatic rings. The molecule has 0 aliphatic heterocycles. The summed E-state index contributed by atoms with van der Waals surface area (Å²) < 4.78 is 10.5. The molecule has 108 valence electrons. The summed E-state index contributed by atoms with van der Waals surface area (Å²) >= 11 is 0. The van der Waals surface area contributed by atoms with Crippen LogP contribution in [0.2, 0.25) is 0 Å². The van der Waals surface area contributed by atoms with Gasteiger partial charge in [0, 0.05) is 23.0 Å². The van der Waals surface area contributed by atoms with Gasteiger partial charge in [-0.1, -0.05) is 0 Å². The van der Waals surface area contributed by atoms with Crippen LogP contribution in [0.15, 0.2) is 30.6 Å². The average Bonchev–Trinajstić information content (AvgIpc) is 2.58. The van der Waals surface area contributed by atoms with Gasteiger partial charge in [0.2, 0.25) is 11.7 Å². The van der Waals surface area contributed by atoms with E-state index in [4.69, 9.17) is 9.47 Å². The molecule has 0 saturated heterocycles. The minimum Gasteiger partial charge on any atom is -0.494 e. The number of aromatic nitrogens is 3. The lowest BCUT2D eigenvalue weighted by Gasteiger charge is -2.18. The fraction of sp³-hybridized carbons (Fsp3) is 0.125. The SMILES string of the molecule is COc1ccc2c(n1)-c1nccc3c(OC)cnc(c13)C2=O. The molecule has 3 aromatic heterocycles. The van der Waals surface area contributed by atoms with E-state index in [1.54, 1.807) is 37.7 Å². The van der Waals surface area contributed by atoms with Gasteiger partial charge in [-0.15, -0.1) is 0 Å². The molecule has 0 atom stereocenters. The van der Waals surface area contributed by atoms with E-state index in [1.165, 1.54) is 7.11 Å². The molecule has 0 fully saturated rings. The standard InChI is InChI=1S/C16H11N3O3/c1-21-10-7-18-15-12-8(10)5-6-17-14(12)13-9(16(15)20)3-4-11(19-13)22-2/h3-7H,1-2H3. The quantitative estimate of drug-likeness (QED) is 0.564. The van der Waals surface area contributed by atoms with Crippen LogP contribution in [-0.2, 0) is 0 Å². The van der Waals surface area contributed by atoms with Crippen molar-refractivity contribution in [3.8, 4) is 23.0 Å². The Morgan fingerprint density at radius 2 is 1.82 bits per heavy atom. The highest BCUT2D eigenvalue weighted by molar-refractivity contribution is 6.24. The molecule has 0 amide bonds. The van der Waals surface area contributed by atoms with E-state index in [1.807, 2.05) is 0 Å². The number of carbonyl (C=O) groups is 1. The van der Waals surface area contributed by atoms with Crippen LogP contribution in [0, 0.1) is 0 Å². The Hall–Kier alpha value is -3.02. The second-order valence-corrected chi connectivity index (χ2v) is 4.84. The topological polar surface area (TPSA) is 74.2 Å². The highest BCUT2D eigenvalue weighted by Crippen LogP contribution is 2.39. The van der Waals surface area contributed by atoms with Crippen molar-refractivity contribution in [1.82, 2.24) is 15.0 Å². The lowest BCUT2D eigenvalue weighted by atomic mass is 9.92. The van der Waals surface area contributed by atoms with Crippen molar-refractivity contribution >= 4 is 16.6 Å². The molecule has 0 unspecified atom stereocenters. The van der Waals surface area contributed by atoms with E-state index in [9.17, 15) is 4.79 Å². The number of hydrogen-bond acceptors (Lipinski definition) is 6. The monoisotopic (exact) mass is 293 g/mol. The molecule has 4 rings (SSSR count). The van der Waals surface area contributed by atoms with Gasteiger partial charge in [0.15, 0.2) is 0 Å². The molecule has 22 heavy (non-hydrogen) atoms. The summed E-state index contributed by atoms with van der Waals surface area (Å²) in [6.45, 7) is 0. The molecular formula is C16H11N3O3. The molecular weight excluding hydrogens is 282 g/mol. The summed E-state index contributed by atoms with van der Waals surface area (Å²) in [5.74, 6) is 0.865. The predicted octanol–water partition coefficient (Wildman–Crippen LogP) is 2.25. The summed E-state index contributed by atoms with van der Waals surface area (Å²) in [5, 5.41) is 1.46. The van der Waals surface area contributed by atoms with Gasteiger partial charge in [-0.25, -0.2) is 9.97 Å². The molecule has 3 aromatic rings. The Balaban J connectivity index is 2.16. The van der Waals surface area contributed by atoms with Crippen molar-refractivity contribution in [2.24, 2.45) is 0 Å². The molecule has 0 aromatic carbocycles. The van der Waals surface area contributed by atoms with Crippen molar-refractivity contribution in [3.05, 3.63) is 41.9 Å². The van der Waals surface area contributed by atoms with E-state index < -0.39 is 0 Å². The van der Waals surface area contributed by atoms with Crippen LogP contribution in [-0.4, -0.2) is 35.0 Å². The number of carbonyl (C=O) groups excluding carboxylic acids is 1. The fourth-order valence-electron chi connectivity index (χ4n) is 2.72. The van der Waals surface area contributed by atoms with Gasteiger partial charge in [0.05, 0.1) is 31.7 Å². The van der Waals surface area contributed by atoms with Crippen LogP contribution in [0.4, 0.5) is 0 Å². The normalized spacial score (nSPS) is 12.2. The maximum Gasteiger partial charge on any atom is 0.214 e. The zero-order valence-corrected chi connectivity index (χ0v) is 12.0. The molecule has 6 heteroatoms. The van der Waals surface area contributed by atoms with Crippen molar-refractivity contribution in [1.29, 1.82) is 0 Å². The molecule has 0 spiro atoms. The summed E-state index contributed by atoms with van der Waals surface area (Å²) in [6, 6.07) is 5.16. The molecule has 3 heterocycles. The van der Waals surface area contributed by atoms with Crippen molar-refractivity contribution in [2.75, 3.05) is 14.2 Å². The number of nitrogens with zero attached hydrogens (tertiary/aromatic N) is 3. The molecule has 1 aliphatic carbocycles. The van der Waals surface area contributed by atoms with Gasteiger partial charge in [0.1, 0.15) is 17.1 Å². The van der Waals surface area contributed by atoms with Crippen LogP contribution in [0.25, 0.3) is 22.2 Å². The zero-order valence-electron chi connectivity index (χ0n) is 12.0. The molecule has 0 N–H and O–H groups in total. The van der Waals surface area contributed by atoms with Crippen LogP contribution < -0.4 is 9.47 Å². The third kappa shape index (κ3) is 1.54. The number of ether oxygens (including phenoxy) is 2. The highest BCUT2D eigenvalue weighted by Gasteiger charge is 2.29. The van der Waals surface area contributed by atoms with E-state index in [-0.39, 0.29) is 5.78 Å². The lowest BCUT2D eigenvalue weighted by molar-refractivity contribution is 0.103. The minimum atomic E-state index is -0.168. The second kappa shape index (κ2) is 4.49. The third-order valence-corrected chi connectivity index (χ3v) is 3.75. The Kier molecular flexibility index (Phi) is 2.59. The van der Waals surface area contributed by atoms with Crippen LogP contribution in [0.3, 0.4) is 0 Å².